The van der Waals surface area contributed by atoms with E-state index in [1.807, 2.05) is 26.0 Å². The summed E-state index contributed by atoms with van der Waals surface area (Å²) in [7, 11) is 1.67. The number of hydrogen-bond donors (Lipinski definition) is 1. The maximum absolute atomic E-state index is 6.31. The number of aryl methyl sites for hydroxylation is 2. The zero-order valence-electron chi connectivity index (χ0n) is 19.3. The lowest BCUT2D eigenvalue weighted by atomic mass is 10.1. The zero-order chi connectivity index (χ0) is 22.5. The van der Waals surface area contributed by atoms with Gasteiger partial charge in [-0.15, -0.1) is 0 Å². The largest absolute Gasteiger partial charge is 0.493 e. The maximum atomic E-state index is 6.31. The molecule has 2 heterocycles. The van der Waals surface area contributed by atoms with Gasteiger partial charge in [-0.1, -0.05) is 35.9 Å². The third kappa shape index (κ3) is 5.29. The van der Waals surface area contributed by atoms with Crippen LogP contribution in [-0.2, 0) is 17.9 Å². The molecule has 0 spiro atoms. The van der Waals surface area contributed by atoms with Crippen LogP contribution in [-0.4, -0.2) is 46.4 Å². The molecule has 1 aromatic heterocycles. The molecule has 1 saturated heterocycles. The molecule has 1 N–H and O–H groups in total. The van der Waals surface area contributed by atoms with Crippen molar-refractivity contribution < 1.29 is 14.2 Å². The quantitative estimate of drug-likeness (QED) is 0.537. The van der Waals surface area contributed by atoms with E-state index in [2.05, 4.69) is 57.3 Å². The highest BCUT2D eigenvalue weighted by molar-refractivity contribution is 5.43. The fourth-order valence-corrected chi connectivity index (χ4v) is 4.27. The van der Waals surface area contributed by atoms with Gasteiger partial charge < -0.3 is 14.2 Å². The van der Waals surface area contributed by atoms with Crippen LogP contribution in [0.4, 0.5) is 0 Å². The smallest absolute Gasteiger partial charge is 0.167 e. The van der Waals surface area contributed by atoms with Crippen LogP contribution in [0, 0.1) is 13.8 Å². The Labute approximate surface area is 189 Å². The lowest BCUT2D eigenvalue weighted by molar-refractivity contribution is 0.0461. The Bertz CT molecular complexity index is 1040. The Hall–Kier alpha value is -2.90. The molecule has 170 valence electrons. The second-order valence-electron chi connectivity index (χ2n) is 8.30. The van der Waals surface area contributed by atoms with E-state index in [4.69, 9.17) is 14.2 Å². The number of H-pyrrole nitrogens is 1. The molecule has 32 heavy (non-hydrogen) atoms. The van der Waals surface area contributed by atoms with Crippen LogP contribution in [0.3, 0.4) is 0 Å². The molecular formula is C25H32N4O3. The Morgan fingerprint density at radius 1 is 1.09 bits per heavy atom. The summed E-state index contributed by atoms with van der Waals surface area (Å²) in [6, 6.07) is 14.7. The van der Waals surface area contributed by atoms with Gasteiger partial charge in [0, 0.05) is 13.1 Å². The normalized spacial score (nSPS) is 18.8. The average molecular weight is 437 g/mol. The van der Waals surface area contributed by atoms with Crippen molar-refractivity contribution in [1.82, 2.24) is 20.1 Å². The molecule has 0 bridgehead atoms. The number of benzene rings is 2. The van der Waals surface area contributed by atoms with Gasteiger partial charge in [-0.25, -0.2) is 4.98 Å². The van der Waals surface area contributed by atoms with Gasteiger partial charge in [0.25, 0.3) is 0 Å². The van der Waals surface area contributed by atoms with Gasteiger partial charge in [0.1, 0.15) is 5.82 Å². The van der Waals surface area contributed by atoms with Crippen LogP contribution in [0.25, 0.3) is 0 Å². The molecule has 0 amide bonds. The van der Waals surface area contributed by atoms with Crippen molar-refractivity contribution in [3.8, 4) is 11.5 Å². The topological polar surface area (TPSA) is 72.5 Å². The molecule has 0 aliphatic carbocycles. The molecule has 7 nitrogen and oxygen atoms in total. The third-order valence-corrected chi connectivity index (χ3v) is 5.76. The van der Waals surface area contributed by atoms with Crippen molar-refractivity contribution in [1.29, 1.82) is 0 Å². The van der Waals surface area contributed by atoms with Gasteiger partial charge in [-0.3, -0.25) is 10.00 Å². The Morgan fingerprint density at radius 2 is 1.97 bits per heavy atom. The summed E-state index contributed by atoms with van der Waals surface area (Å²) in [5, 5.41) is 7.43. The van der Waals surface area contributed by atoms with Crippen LogP contribution in [0.5, 0.6) is 11.5 Å². The second kappa shape index (κ2) is 10.1. The maximum Gasteiger partial charge on any atom is 0.167 e. The molecule has 0 unspecified atom stereocenters. The summed E-state index contributed by atoms with van der Waals surface area (Å²) in [6.45, 7) is 8.79. The van der Waals surface area contributed by atoms with Crippen molar-refractivity contribution in [3.05, 3.63) is 70.8 Å². The third-order valence-electron chi connectivity index (χ3n) is 5.76. The van der Waals surface area contributed by atoms with E-state index in [9.17, 15) is 0 Å². The number of nitrogens with zero attached hydrogens (tertiary/aromatic N) is 3. The molecular weight excluding hydrogens is 404 g/mol. The molecule has 2 aromatic carbocycles. The van der Waals surface area contributed by atoms with Gasteiger partial charge in [0.2, 0.25) is 0 Å². The molecule has 1 aliphatic heterocycles. The first-order chi connectivity index (χ1) is 15.6. The fourth-order valence-electron chi connectivity index (χ4n) is 4.27. The monoisotopic (exact) mass is 436 g/mol. The van der Waals surface area contributed by atoms with E-state index in [0.29, 0.717) is 13.2 Å². The van der Waals surface area contributed by atoms with Crippen LogP contribution >= 0.6 is 0 Å². The minimum Gasteiger partial charge on any atom is -0.493 e. The fraction of sp³-hybridized carbons (Fsp3) is 0.440. The van der Waals surface area contributed by atoms with E-state index in [0.717, 1.165) is 48.2 Å². The molecule has 3 aromatic rings. The van der Waals surface area contributed by atoms with E-state index in [1.54, 1.807) is 7.11 Å². The Kier molecular flexibility index (Phi) is 7.07. The highest BCUT2D eigenvalue weighted by Crippen LogP contribution is 2.35. The summed E-state index contributed by atoms with van der Waals surface area (Å²) in [5.74, 6) is 3.16. The van der Waals surface area contributed by atoms with Crippen molar-refractivity contribution in [3.63, 3.8) is 0 Å². The first-order valence-corrected chi connectivity index (χ1v) is 11.2. The molecule has 7 heteroatoms. The van der Waals surface area contributed by atoms with E-state index < -0.39 is 0 Å². The summed E-state index contributed by atoms with van der Waals surface area (Å²) < 4.78 is 17.5. The van der Waals surface area contributed by atoms with E-state index in [1.165, 1.54) is 11.1 Å². The zero-order valence-corrected chi connectivity index (χ0v) is 19.3. The number of methoxy groups -OCH3 is 1. The second-order valence-corrected chi connectivity index (χ2v) is 8.30. The van der Waals surface area contributed by atoms with Crippen molar-refractivity contribution in [2.24, 2.45) is 0 Å². The predicted octanol–water partition coefficient (Wildman–Crippen LogP) is 4.36. The molecule has 4 rings (SSSR count). The van der Waals surface area contributed by atoms with Crippen molar-refractivity contribution in [2.45, 2.75) is 52.5 Å². The molecule has 0 saturated carbocycles. The number of hydrogen-bond acceptors (Lipinski definition) is 6. The SMILES string of the molecule is CCOc1ccc(CN2C[C@@H](OCc3cccc(C)c3)C[C@H]2c2n[nH]c(C)n2)cc1OC. The number of rotatable bonds is 9. The first-order valence-electron chi connectivity index (χ1n) is 11.2. The Morgan fingerprint density at radius 3 is 2.69 bits per heavy atom. The van der Waals surface area contributed by atoms with Gasteiger partial charge in [0.15, 0.2) is 17.3 Å². The van der Waals surface area contributed by atoms with Gasteiger partial charge in [-0.2, -0.15) is 5.10 Å². The first kappa shape index (κ1) is 22.3. The minimum atomic E-state index is 0.0972. The van der Waals surface area contributed by atoms with Crippen molar-refractivity contribution >= 4 is 0 Å². The average Bonchev–Trinajstić information content (AvgIpc) is 3.39. The summed E-state index contributed by atoms with van der Waals surface area (Å²) in [4.78, 5) is 7.00. The predicted molar refractivity (Wildman–Crippen MR) is 123 cm³/mol. The van der Waals surface area contributed by atoms with Gasteiger partial charge >= 0.3 is 0 Å². The summed E-state index contributed by atoms with van der Waals surface area (Å²) in [6.07, 6.45) is 0.973. The molecule has 1 fully saturated rings. The standard InChI is InChI=1S/C25H32N4O3/c1-5-31-23-10-9-19(12-24(23)30-4)14-29-15-21(13-22(29)25-26-18(3)27-28-25)32-16-20-8-6-7-17(2)11-20/h6-12,21-22H,5,13-16H2,1-4H3,(H,26,27,28)/t21-,22-/m0/s1. The Balaban J connectivity index is 1.49. The minimum absolute atomic E-state index is 0.0972. The summed E-state index contributed by atoms with van der Waals surface area (Å²) in [5.41, 5.74) is 3.60. The summed E-state index contributed by atoms with van der Waals surface area (Å²) >= 11 is 0. The van der Waals surface area contributed by atoms with E-state index in [-0.39, 0.29) is 12.1 Å². The van der Waals surface area contributed by atoms with Crippen LogP contribution in [0.2, 0.25) is 0 Å². The van der Waals surface area contributed by atoms with E-state index >= 15 is 0 Å². The van der Waals surface area contributed by atoms with Crippen LogP contribution in [0.1, 0.15) is 47.7 Å². The highest BCUT2D eigenvalue weighted by atomic mass is 16.5. The number of aromatic amines is 1. The number of ether oxygens (including phenoxy) is 3. The van der Waals surface area contributed by atoms with Crippen molar-refractivity contribution in [2.75, 3.05) is 20.3 Å². The molecule has 0 radical (unpaired) electrons. The van der Waals surface area contributed by atoms with Gasteiger partial charge in [-0.05, 0) is 50.5 Å². The molecule has 1 aliphatic rings. The number of likely N-dealkylation sites (tertiary alicyclic amines) is 1. The lowest BCUT2D eigenvalue weighted by Crippen LogP contribution is -2.25. The number of nitrogens with one attached hydrogen (secondary N) is 1. The van der Waals surface area contributed by atoms with Gasteiger partial charge in [0.05, 0.1) is 32.5 Å². The van der Waals surface area contributed by atoms with Crippen LogP contribution < -0.4 is 9.47 Å². The molecule has 2 atom stereocenters. The van der Waals surface area contributed by atoms with Crippen LogP contribution in [0.15, 0.2) is 42.5 Å². The number of aromatic nitrogens is 3. The lowest BCUT2D eigenvalue weighted by Gasteiger charge is -2.22. The highest BCUT2D eigenvalue weighted by Gasteiger charge is 2.36.